The highest BCUT2D eigenvalue weighted by Crippen LogP contribution is 2.33. The third kappa shape index (κ3) is 5.17. The van der Waals surface area contributed by atoms with E-state index in [4.69, 9.17) is 20.2 Å². The maximum atomic E-state index is 13.9. The molecule has 8 heteroatoms. The zero-order chi connectivity index (χ0) is 21.9. The lowest BCUT2D eigenvalue weighted by atomic mass is 10.0. The van der Waals surface area contributed by atoms with Gasteiger partial charge in [-0.3, -0.25) is 9.88 Å². The van der Waals surface area contributed by atoms with Gasteiger partial charge in [0.2, 0.25) is 0 Å². The molecule has 1 aliphatic rings. The molecule has 0 atom stereocenters. The average molecular weight is 419 g/mol. The summed E-state index contributed by atoms with van der Waals surface area (Å²) in [6.07, 6.45) is 0.322. The molecule has 1 saturated heterocycles. The van der Waals surface area contributed by atoms with Crippen LogP contribution in [0.3, 0.4) is 0 Å². The Labute approximate surface area is 176 Å². The van der Waals surface area contributed by atoms with Crippen molar-refractivity contribution in [3.05, 3.63) is 35.3 Å². The van der Waals surface area contributed by atoms with Gasteiger partial charge in [0.15, 0.2) is 0 Å². The number of carbonyl (C=O) groups is 1. The largest absolute Gasteiger partial charge is 0.496 e. The number of benzene rings is 1. The van der Waals surface area contributed by atoms with Gasteiger partial charge in [-0.25, -0.2) is 9.18 Å². The summed E-state index contributed by atoms with van der Waals surface area (Å²) in [7, 11) is 1.59. The fourth-order valence-corrected chi connectivity index (χ4v) is 3.67. The molecule has 1 aliphatic heterocycles. The predicted octanol–water partition coefficient (Wildman–Crippen LogP) is 2.94. The SMILES string of the molecule is COc1c(CN2CCN(C(=O)OC(C)(C)C)CC2)c(CCN)nc2ccc(F)cc12. The van der Waals surface area contributed by atoms with Crippen molar-refractivity contribution in [1.29, 1.82) is 0 Å². The van der Waals surface area contributed by atoms with Crippen molar-refractivity contribution in [1.82, 2.24) is 14.8 Å². The van der Waals surface area contributed by atoms with E-state index in [-0.39, 0.29) is 11.9 Å². The Hall–Kier alpha value is -2.45. The van der Waals surface area contributed by atoms with Crippen molar-refractivity contribution in [3.63, 3.8) is 0 Å². The van der Waals surface area contributed by atoms with Crippen molar-refractivity contribution < 1.29 is 18.7 Å². The van der Waals surface area contributed by atoms with Crippen LogP contribution in [0.4, 0.5) is 9.18 Å². The Bertz CT molecular complexity index is 905. The molecule has 1 amide bonds. The molecule has 1 fully saturated rings. The van der Waals surface area contributed by atoms with Gasteiger partial charge in [0.05, 0.1) is 18.3 Å². The second-order valence-corrected chi connectivity index (χ2v) is 8.51. The monoisotopic (exact) mass is 418 g/mol. The second-order valence-electron chi connectivity index (χ2n) is 8.51. The Morgan fingerprint density at radius 3 is 2.53 bits per heavy atom. The molecule has 30 heavy (non-hydrogen) atoms. The summed E-state index contributed by atoms with van der Waals surface area (Å²) in [5.41, 5.74) is 7.78. The predicted molar refractivity (Wildman–Crippen MR) is 114 cm³/mol. The van der Waals surface area contributed by atoms with Crippen LogP contribution in [0.5, 0.6) is 5.75 Å². The molecule has 2 N–H and O–H groups in total. The smallest absolute Gasteiger partial charge is 0.410 e. The first-order valence-electron chi connectivity index (χ1n) is 10.3. The fourth-order valence-electron chi connectivity index (χ4n) is 3.67. The average Bonchev–Trinajstić information content (AvgIpc) is 2.68. The molecule has 0 spiro atoms. The normalized spacial score (nSPS) is 15.5. The number of hydrogen-bond acceptors (Lipinski definition) is 6. The Balaban J connectivity index is 1.80. The van der Waals surface area contributed by atoms with Crippen molar-refractivity contribution in [2.75, 3.05) is 39.8 Å². The van der Waals surface area contributed by atoms with E-state index in [9.17, 15) is 9.18 Å². The minimum atomic E-state index is -0.509. The van der Waals surface area contributed by atoms with Gasteiger partial charge < -0.3 is 20.1 Å². The minimum absolute atomic E-state index is 0.286. The summed E-state index contributed by atoms with van der Waals surface area (Å²) in [5.74, 6) is 0.309. The quantitative estimate of drug-likeness (QED) is 0.804. The molecular formula is C22H31FN4O3. The third-order valence-electron chi connectivity index (χ3n) is 5.07. The standard InChI is InChI=1S/C22H31FN4O3/c1-22(2,3)30-21(28)27-11-9-26(10-12-27)14-17-19(7-8-24)25-18-6-5-15(23)13-16(18)20(17)29-4/h5-6,13H,7-12,14,24H2,1-4H3. The molecule has 164 valence electrons. The molecule has 0 aliphatic carbocycles. The van der Waals surface area contributed by atoms with Crippen LogP contribution in [-0.2, 0) is 17.7 Å². The number of aromatic nitrogens is 1. The zero-order valence-corrected chi connectivity index (χ0v) is 18.2. The first kappa shape index (κ1) is 22.2. The van der Waals surface area contributed by atoms with Crippen LogP contribution < -0.4 is 10.5 Å². The summed E-state index contributed by atoms with van der Waals surface area (Å²) in [4.78, 5) is 21.0. The number of rotatable bonds is 5. The number of halogens is 1. The van der Waals surface area contributed by atoms with E-state index in [2.05, 4.69) is 4.90 Å². The Morgan fingerprint density at radius 1 is 1.23 bits per heavy atom. The van der Waals surface area contributed by atoms with Gasteiger partial charge in [-0.05, 0) is 45.5 Å². The molecule has 2 aromatic rings. The van der Waals surface area contributed by atoms with E-state index in [1.807, 2.05) is 20.8 Å². The fraction of sp³-hybridized carbons (Fsp3) is 0.545. The molecule has 0 radical (unpaired) electrons. The molecule has 1 aromatic heterocycles. The highest BCUT2D eigenvalue weighted by atomic mass is 19.1. The van der Waals surface area contributed by atoms with Crippen molar-refractivity contribution in [2.24, 2.45) is 5.73 Å². The van der Waals surface area contributed by atoms with Gasteiger partial charge in [-0.1, -0.05) is 0 Å². The number of methoxy groups -OCH3 is 1. The first-order chi connectivity index (χ1) is 14.2. The van der Waals surface area contributed by atoms with Gasteiger partial charge >= 0.3 is 6.09 Å². The number of piperazine rings is 1. The number of pyridine rings is 1. The van der Waals surface area contributed by atoms with Gasteiger partial charge in [0.1, 0.15) is 17.2 Å². The number of nitrogens with two attached hydrogens (primary N) is 1. The van der Waals surface area contributed by atoms with Crippen LogP contribution in [0.25, 0.3) is 10.9 Å². The lowest BCUT2D eigenvalue weighted by Gasteiger charge is -2.36. The highest BCUT2D eigenvalue weighted by Gasteiger charge is 2.27. The van der Waals surface area contributed by atoms with Crippen molar-refractivity contribution in [2.45, 2.75) is 39.3 Å². The maximum Gasteiger partial charge on any atom is 0.410 e. The summed E-state index contributed by atoms with van der Waals surface area (Å²) in [6, 6.07) is 4.52. The van der Waals surface area contributed by atoms with Crippen LogP contribution in [-0.4, -0.2) is 66.3 Å². The molecular weight excluding hydrogens is 387 g/mol. The first-order valence-corrected chi connectivity index (χ1v) is 10.3. The molecule has 1 aromatic carbocycles. The van der Waals surface area contributed by atoms with E-state index >= 15 is 0 Å². The number of carbonyl (C=O) groups excluding carboxylic acids is 1. The van der Waals surface area contributed by atoms with Gasteiger partial charge in [-0.15, -0.1) is 0 Å². The Morgan fingerprint density at radius 2 is 1.93 bits per heavy atom. The Kier molecular flexibility index (Phi) is 6.77. The number of fused-ring (bicyclic) bond motifs is 1. The van der Waals surface area contributed by atoms with E-state index in [1.54, 1.807) is 18.1 Å². The molecule has 0 saturated carbocycles. The van der Waals surface area contributed by atoms with Gasteiger partial charge in [0, 0.05) is 50.1 Å². The van der Waals surface area contributed by atoms with Crippen LogP contribution in [0.2, 0.25) is 0 Å². The number of hydrogen-bond donors (Lipinski definition) is 1. The van der Waals surface area contributed by atoms with E-state index in [1.165, 1.54) is 12.1 Å². The third-order valence-corrected chi connectivity index (χ3v) is 5.07. The van der Waals surface area contributed by atoms with E-state index in [0.29, 0.717) is 62.3 Å². The van der Waals surface area contributed by atoms with Crippen molar-refractivity contribution in [3.8, 4) is 5.75 Å². The van der Waals surface area contributed by atoms with Crippen LogP contribution in [0, 0.1) is 5.82 Å². The summed E-state index contributed by atoms with van der Waals surface area (Å²) in [6.45, 7) is 9.21. The molecule has 3 rings (SSSR count). The second kappa shape index (κ2) is 9.14. The van der Waals surface area contributed by atoms with Crippen molar-refractivity contribution >= 4 is 17.0 Å². The van der Waals surface area contributed by atoms with E-state index < -0.39 is 5.60 Å². The lowest BCUT2D eigenvalue weighted by Crippen LogP contribution is -2.49. The van der Waals surface area contributed by atoms with Crippen LogP contribution in [0.15, 0.2) is 18.2 Å². The summed E-state index contributed by atoms with van der Waals surface area (Å²) >= 11 is 0. The maximum absolute atomic E-state index is 13.9. The highest BCUT2D eigenvalue weighted by molar-refractivity contribution is 5.87. The number of ether oxygens (including phenoxy) is 2. The number of nitrogens with zero attached hydrogens (tertiary/aromatic N) is 3. The summed E-state index contributed by atoms with van der Waals surface area (Å²) < 4.78 is 25.0. The van der Waals surface area contributed by atoms with Gasteiger partial charge in [0.25, 0.3) is 0 Å². The van der Waals surface area contributed by atoms with Crippen LogP contribution in [0.1, 0.15) is 32.0 Å². The zero-order valence-electron chi connectivity index (χ0n) is 18.2. The summed E-state index contributed by atoms with van der Waals surface area (Å²) in [5, 5.41) is 0.653. The minimum Gasteiger partial charge on any atom is -0.496 e. The topological polar surface area (TPSA) is 80.9 Å². The van der Waals surface area contributed by atoms with Gasteiger partial charge in [-0.2, -0.15) is 0 Å². The van der Waals surface area contributed by atoms with Crippen LogP contribution >= 0.6 is 0 Å². The van der Waals surface area contributed by atoms with E-state index in [0.717, 1.165) is 11.3 Å². The number of amides is 1. The lowest BCUT2D eigenvalue weighted by molar-refractivity contribution is 0.0138. The molecule has 0 unspecified atom stereocenters. The molecule has 2 heterocycles. The molecule has 0 bridgehead atoms. The molecule has 7 nitrogen and oxygen atoms in total.